The van der Waals surface area contributed by atoms with Gasteiger partial charge < -0.3 is 21.1 Å². The number of nitrogens with zero attached hydrogens (tertiary/aromatic N) is 6. The van der Waals surface area contributed by atoms with E-state index in [0.29, 0.717) is 36.2 Å². The lowest BCUT2D eigenvalue weighted by Crippen LogP contribution is -2.33. The maximum Gasteiger partial charge on any atom is 0.259 e. The van der Waals surface area contributed by atoms with Crippen LogP contribution in [0, 0.1) is 17.7 Å². The van der Waals surface area contributed by atoms with Gasteiger partial charge in [-0.15, -0.1) is 5.10 Å². The van der Waals surface area contributed by atoms with E-state index >= 15 is 0 Å². The lowest BCUT2D eigenvalue weighted by atomic mass is 9.95. The van der Waals surface area contributed by atoms with Gasteiger partial charge in [0.25, 0.3) is 11.9 Å². The van der Waals surface area contributed by atoms with Gasteiger partial charge in [-0.3, -0.25) is 4.79 Å². The Morgan fingerprint density at radius 1 is 1.11 bits per heavy atom. The molecule has 3 atom stereocenters. The van der Waals surface area contributed by atoms with Gasteiger partial charge in [-0.2, -0.15) is 0 Å². The number of rotatable bonds is 6. The van der Waals surface area contributed by atoms with Gasteiger partial charge in [0.2, 0.25) is 5.88 Å². The molecule has 1 saturated carbocycles. The fraction of sp³-hybridized carbons (Fsp3) is 0.296. The fourth-order valence-electron chi connectivity index (χ4n) is 4.89. The molecule has 4 N–H and O–H groups in total. The molecular weight excluding hydrogens is 487 g/mol. The molecule has 194 valence electrons. The number of piperidine rings is 1. The van der Waals surface area contributed by atoms with Crippen LogP contribution in [0.15, 0.2) is 61.1 Å². The summed E-state index contributed by atoms with van der Waals surface area (Å²) >= 11 is 0. The third-order valence-electron chi connectivity index (χ3n) is 7.08. The lowest BCUT2D eigenvalue weighted by molar-refractivity contribution is 0.0752. The summed E-state index contributed by atoms with van der Waals surface area (Å²) in [7, 11) is 0. The normalized spacial score (nSPS) is 20.3. The summed E-state index contributed by atoms with van der Waals surface area (Å²) < 4.78 is 21.2. The Bertz CT molecular complexity index is 1490. The number of anilines is 1. The van der Waals surface area contributed by atoms with Gasteiger partial charge in [0, 0.05) is 60.7 Å². The average Bonchev–Trinajstić information content (AvgIpc) is 3.22. The number of ether oxygens (including phenoxy) is 1. The molecule has 4 heterocycles. The number of carbonyl (C=O) groups is 1. The highest BCUT2D eigenvalue weighted by Gasteiger charge is 2.59. The Morgan fingerprint density at radius 3 is 2.45 bits per heavy atom. The van der Waals surface area contributed by atoms with Crippen LogP contribution in [-0.2, 0) is 5.54 Å². The van der Waals surface area contributed by atoms with E-state index in [1.54, 1.807) is 41.7 Å². The minimum absolute atomic E-state index is 0.0541. The number of amides is 1. The van der Waals surface area contributed by atoms with Crippen LogP contribution in [0.1, 0.15) is 29.8 Å². The van der Waals surface area contributed by atoms with E-state index in [9.17, 15) is 9.18 Å². The number of halogens is 1. The summed E-state index contributed by atoms with van der Waals surface area (Å²) in [4.78, 5) is 27.9. The zero-order chi connectivity index (χ0) is 26.6. The van der Waals surface area contributed by atoms with Crippen molar-refractivity contribution < 1.29 is 13.9 Å². The molecule has 38 heavy (non-hydrogen) atoms. The van der Waals surface area contributed by atoms with Crippen molar-refractivity contribution in [3.05, 3.63) is 78.0 Å². The zero-order valence-corrected chi connectivity index (χ0v) is 21.0. The number of benzene rings is 1. The van der Waals surface area contributed by atoms with Gasteiger partial charge in [0.1, 0.15) is 17.5 Å². The van der Waals surface area contributed by atoms with Gasteiger partial charge in [-0.25, -0.2) is 24.0 Å². The minimum atomic E-state index is -0.617. The molecule has 2 fully saturated rings. The molecule has 1 aromatic carbocycles. The van der Waals surface area contributed by atoms with E-state index < -0.39 is 5.54 Å². The molecule has 1 aliphatic heterocycles. The van der Waals surface area contributed by atoms with Crippen LogP contribution in [0.3, 0.4) is 0 Å². The summed E-state index contributed by atoms with van der Waals surface area (Å²) in [6.07, 6.45) is 4.70. The monoisotopic (exact) mass is 514 g/mol. The molecule has 3 aromatic heterocycles. The van der Waals surface area contributed by atoms with Crippen LogP contribution in [0.4, 0.5) is 10.2 Å². The molecule has 1 amide bonds. The number of nitrogen functional groups attached to an aromatic ring is 1. The number of carbonyl (C=O) groups excluding carboxylic acids is 1. The molecular formula is C27H27FN8O2. The van der Waals surface area contributed by atoms with Gasteiger partial charge in [0.15, 0.2) is 5.82 Å². The lowest BCUT2D eigenvalue weighted by Gasteiger charge is -2.22. The molecule has 0 spiro atoms. The van der Waals surface area contributed by atoms with E-state index in [2.05, 4.69) is 20.1 Å². The second-order valence-electron chi connectivity index (χ2n) is 10.3. The van der Waals surface area contributed by atoms with Crippen LogP contribution in [0.2, 0.25) is 0 Å². The predicted molar refractivity (Wildman–Crippen MR) is 138 cm³/mol. The zero-order valence-electron chi connectivity index (χ0n) is 21.0. The molecule has 0 radical (unpaired) electrons. The SMILES string of the molecule is CC(C)(N)c1cc(O[C@@H]2[C@@H]3CN(C(=O)c4cn(-c5ncccn5)nc4N)C[C@@H]32)nc(-c2ccc(F)cc2)c1. The van der Waals surface area contributed by atoms with Crippen molar-refractivity contribution in [1.82, 2.24) is 29.6 Å². The number of hydrogen-bond acceptors (Lipinski definition) is 8. The highest BCUT2D eigenvalue weighted by Crippen LogP contribution is 2.48. The van der Waals surface area contributed by atoms with Crippen molar-refractivity contribution in [2.24, 2.45) is 17.6 Å². The Kier molecular flexibility index (Phi) is 5.60. The number of aromatic nitrogens is 5. The van der Waals surface area contributed by atoms with E-state index in [1.165, 1.54) is 16.8 Å². The Hall–Kier alpha value is -4.38. The number of hydrogen-bond donors (Lipinski definition) is 2. The first-order chi connectivity index (χ1) is 18.2. The first kappa shape index (κ1) is 24.0. The summed E-state index contributed by atoms with van der Waals surface area (Å²) in [5.74, 6) is 0.829. The van der Waals surface area contributed by atoms with Crippen molar-refractivity contribution in [3.63, 3.8) is 0 Å². The molecule has 0 bridgehead atoms. The molecule has 11 heteroatoms. The maximum absolute atomic E-state index is 13.4. The quantitative estimate of drug-likeness (QED) is 0.401. The largest absolute Gasteiger partial charge is 0.474 e. The molecule has 2 aliphatic rings. The van der Waals surface area contributed by atoms with Crippen LogP contribution in [-0.4, -0.2) is 54.7 Å². The first-order valence-corrected chi connectivity index (χ1v) is 12.3. The Balaban J connectivity index is 1.16. The highest BCUT2D eigenvalue weighted by molar-refractivity contribution is 5.98. The van der Waals surface area contributed by atoms with E-state index in [1.807, 2.05) is 26.0 Å². The second kappa shape index (κ2) is 8.88. The molecule has 1 aliphatic carbocycles. The molecule has 6 rings (SSSR count). The van der Waals surface area contributed by atoms with Gasteiger partial charge in [-0.05, 0) is 55.8 Å². The standard InChI is InChI=1S/C27H27FN8O2/c1-27(2,30)16-10-21(15-4-6-17(28)7-5-15)33-22(11-16)38-23-18-12-35(13-19(18)23)25(37)20-14-36(34-24(20)29)26-31-8-3-9-32-26/h3-11,14,18-19,23H,12-13,30H2,1-2H3,(H2,29,34)/t18-,19+,23-. The van der Waals surface area contributed by atoms with E-state index in [0.717, 1.165) is 11.1 Å². The Morgan fingerprint density at radius 2 is 1.79 bits per heavy atom. The summed E-state index contributed by atoms with van der Waals surface area (Å²) in [5.41, 5.74) is 14.4. The summed E-state index contributed by atoms with van der Waals surface area (Å²) in [5, 5.41) is 4.20. The third kappa shape index (κ3) is 4.45. The van der Waals surface area contributed by atoms with Crippen LogP contribution < -0.4 is 16.2 Å². The molecule has 10 nitrogen and oxygen atoms in total. The van der Waals surface area contributed by atoms with Gasteiger partial charge >= 0.3 is 0 Å². The van der Waals surface area contributed by atoms with E-state index in [-0.39, 0.29) is 35.5 Å². The molecule has 1 saturated heterocycles. The minimum Gasteiger partial charge on any atom is -0.474 e. The molecule has 4 aromatic rings. The van der Waals surface area contributed by atoms with Crippen molar-refractivity contribution >= 4 is 11.7 Å². The van der Waals surface area contributed by atoms with Crippen molar-refractivity contribution in [2.75, 3.05) is 18.8 Å². The van der Waals surface area contributed by atoms with Gasteiger partial charge in [0.05, 0.1) is 5.69 Å². The fourth-order valence-corrected chi connectivity index (χ4v) is 4.89. The third-order valence-corrected chi connectivity index (χ3v) is 7.08. The smallest absolute Gasteiger partial charge is 0.259 e. The summed E-state index contributed by atoms with van der Waals surface area (Å²) in [6, 6.07) is 11.6. The second-order valence-corrected chi connectivity index (χ2v) is 10.3. The Labute approximate surface area is 218 Å². The summed E-state index contributed by atoms with van der Waals surface area (Å²) in [6.45, 7) is 4.92. The van der Waals surface area contributed by atoms with Crippen molar-refractivity contribution in [1.29, 1.82) is 0 Å². The van der Waals surface area contributed by atoms with Gasteiger partial charge in [-0.1, -0.05) is 0 Å². The van der Waals surface area contributed by atoms with Crippen LogP contribution in [0.5, 0.6) is 5.88 Å². The number of pyridine rings is 1. The van der Waals surface area contributed by atoms with E-state index in [4.69, 9.17) is 16.2 Å². The number of likely N-dealkylation sites (tertiary alicyclic amines) is 1. The number of fused-ring (bicyclic) bond motifs is 1. The predicted octanol–water partition coefficient (Wildman–Crippen LogP) is 2.79. The maximum atomic E-state index is 13.4. The van der Waals surface area contributed by atoms with Crippen molar-refractivity contribution in [2.45, 2.75) is 25.5 Å². The topological polar surface area (TPSA) is 138 Å². The first-order valence-electron chi connectivity index (χ1n) is 12.3. The number of nitrogens with two attached hydrogens (primary N) is 2. The van der Waals surface area contributed by atoms with Crippen LogP contribution in [0.25, 0.3) is 17.2 Å². The average molecular weight is 515 g/mol. The molecule has 0 unspecified atom stereocenters. The van der Waals surface area contributed by atoms with Crippen molar-refractivity contribution in [3.8, 4) is 23.1 Å². The van der Waals surface area contributed by atoms with Crippen LogP contribution >= 0.6 is 0 Å². The highest BCUT2D eigenvalue weighted by atomic mass is 19.1.